The summed E-state index contributed by atoms with van der Waals surface area (Å²) in [5.74, 6) is 0.135. The third-order valence-corrected chi connectivity index (χ3v) is 4.93. The molecule has 1 aliphatic rings. The van der Waals surface area contributed by atoms with Crippen LogP contribution < -0.4 is 11.1 Å². The predicted molar refractivity (Wildman–Crippen MR) is 84.9 cm³/mol. The standard InChI is InChI=1S/C16H24N2OS/c1-11-3-9-15(10-4-11)20-12(2)16(19)18-14-7-5-13(17)6-8-14/h3-4,9-10,12-14H,5-8,17H2,1-2H3,(H,18,19). The first kappa shape index (κ1) is 15.4. The Morgan fingerprint density at radius 2 is 1.85 bits per heavy atom. The van der Waals surface area contributed by atoms with Crippen molar-refractivity contribution < 1.29 is 4.79 Å². The van der Waals surface area contributed by atoms with E-state index in [4.69, 9.17) is 5.73 Å². The van der Waals surface area contributed by atoms with Crippen LogP contribution in [0.4, 0.5) is 0 Å². The zero-order chi connectivity index (χ0) is 14.5. The normalized spacial score (nSPS) is 24.1. The summed E-state index contributed by atoms with van der Waals surface area (Å²) in [6.07, 6.45) is 4.05. The molecular formula is C16H24N2OS. The lowest BCUT2D eigenvalue weighted by atomic mass is 9.92. The molecule has 3 N–H and O–H groups in total. The van der Waals surface area contributed by atoms with Gasteiger partial charge in [0.25, 0.3) is 0 Å². The van der Waals surface area contributed by atoms with E-state index in [0.29, 0.717) is 12.1 Å². The van der Waals surface area contributed by atoms with Gasteiger partial charge in [0, 0.05) is 17.0 Å². The minimum atomic E-state index is -0.0618. The first-order chi connectivity index (χ1) is 9.54. The van der Waals surface area contributed by atoms with Crippen LogP contribution in [0.15, 0.2) is 29.2 Å². The van der Waals surface area contributed by atoms with Crippen LogP contribution in [-0.2, 0) is 4.79 Å². The van der Waals surface area contributed by atoms with Crippen molar-refractivity contribution in [2.75, 3.05) is 0 Å². The monoisotopic (exact) mass is 292 g/mol. The Morgan fingerprint density at radius 1 is 1.25 bits per heavy atom. The SMILES string of the molecule is Cc1ccc(SC(C)C(=O)NC2CCC(N)CC2)cc1. The topological polar surface area (TPSA) is 55.1 Å². The van der Waals surface area contributed by atoms with Gasteiger partial charge in [0.05, 0.1) is 5.25 Å². The van der Waals surface area contributed by atoms with Crippen LogP contribution in [-0.4, -0.2) is 23.2 Å². The number of nitrogens with one attached hydrogen (secondary N) is 1. The Balaban J connectivity index is 1.81. The van der Waals surface area contributed by atoms with Gasteiger partial charge in [-0.2, -0.15) is 0 Å². The van der Waals surface area contributed by atoms with E-state index >= 15 is 0 Å². The van der Waals surface area contributed by atoms with Gasteiger partial charge < -0.3 is 11.1 Å². The van der Waals surface area contributed by atoms with E-state index in [9.17, 15) is 4.79 Å². The van der Waals surface area contributed by atoms with E-state index in [-0.39, 0.29) is 11.2 Å². The van der Waals surface area contributed by atoms with Gasteiger partial charge in [-0.05, 0) is 51.7 Å². The molecule has 0 aromatic heterocycles. The summed E-state index contributed by atoms with van der Waals surface area (Å²) < 4.78 is 0. The van der Waals surface area contributed by atoms with Gasteiger partial charge in [0.2, 0.25) is 5.91 Å². The molecule has 2 rings (SSSR count). The molecule has 1 aromatic rings. The van der Waals surface area contributed by atoms with Crippen LogP contribution >= 0.6 is 11.8 Å². The average molecular weight is 292 g/mol. The number of rotatable bonds is 4. The molecule has 1 fully saturated rings. The van der Waals surface area contributed by atoms with Crippen LogP contribution in [0, 0.1) is 6.92 Å². The lowest BCUT2D eigenvalue weighted by molar-refractivity contribution is -0.121. The number of amides is 1. The second kappa shape index (κ2) is 7.14. The average Bonchev–Trinajstić information content (AvgIpc) is 2.44. The molecule has 4 heteroatoms. The predicted octanol–water partition coefficient (Wildman–Crippen LogP) is 2.86. The summed E-state index contributed by atoms with van der Waals surface area (Å²) in [7, 11) is 0. The van der Waals surface area contributed by atoms with Crippen molar-refractivity contribution in [2.45, 2.75) is 61.8 Å². The van der Waals surface area contributed by atoms with Crippen molar-refractivity contribution >= 4 is 17.7 Å². The smallest absolute Gasteiger partial charge is 0.233 e. The summed E-state index contributed by atoms with van der Waals surface area (Å²) in [6, 6.07) is 8.93. The molecule has 1 aromatic carbocycles. The van der Waals surface area contributed by atoms with Gasteiger partial charge in [-0.25, -0.2) is 0 Å². The highest BCUT2D eigenvalue weighted by Gasteiger charge is 2.22. The zero-order valence-electron chi connectivity index (χ0n) is 12.3. The second-order valence-electron chi connectivity index (χ2n) is 5.69. The lowest BCUT2D eigenvalue weighted by Gasteiger charge is -2.27. The fourth-order valence-electron chi connectivity index (χ4n) is 2.46. The van der Waals surface area contributed by atoms with Crippen molar-refractivity contribution in [3.05, 3.63) is 29.8 Å². The van der Waals surface area contributed by atoms with Crippen LogP contribution in [0.2, 0.25) is 0 Å². The summed E-state index contributed by atoms with van der Waals surface area (Å²) in [6.45, 7) is 4.03. The van der Waals surface area contributed by atoms with Crippen LogP contribution in [0.5, 0.6) is 0 Å². The van der Waals surface area contributed by atoms with Gasteiger partial charge >= 0.3 is 0 Å². The van der Waals surface area contributed by atoms with Crippen LogP contribution in [0.1, 0.15) is 38.2 Å². The van der Waals surface area contributed by atoms with Crippen molar-refractivity contribution in [1.82, 2.24) is 5.32 Å². The highest BCUT2D eigenvalue weighted by molar-refractivity contribution is 8.00. The van der Waals surface area contributed by atoms with Gasteiger partial charge in [-0.3, -0.25) is 4.79 Å². The molecule has 1 unspecified atom stereocenters. The highest BCUT2D eigenvalue weighted by atomic mass is 32.2. The first-order valence-corrected chi connectivity index (χ1v) is 8.22. The number of hydrogen-bond acceptors (Lipinski definition) is 3. The molecule has 3 nitrogen and oxygen atoms in total. The number of nitrogens with two attached hydrogens (primary N) is 1. The highest BCUT2D eigenvalue weighted by Crippen LogP contribution is 2.24. The minimum absolute atomic E-state index is 0.0618. The van der Waals surface area contributed by atoms with Crippen LogP contribution in [0.3, 0.4) is 0 Å². The van der Waals surface area contributed by atoms with Gasteiger partial charge in [0.15, 0.2) is 0 Å². The van der Waals surface area contributed by atoms with E-state index in [0.717, 1.165) is 30.6 Å². The summed E-state index contributed by atoms with van der Waals surface area (Å²) in [5, 5.41) is 3.09. The molecule has 1 atom stereocenters. The van der Waals surface area contributed by atoms with E-state index < -0.39 is 0 Å². The number of carbonyl (C=O) groups excluding carboxylic acids is 1. The zero-order valence-corrected chi connectivity index (χ0v) is 13.1. The summed E-state index contributed by atoms with van der Waals surface area (Å²) in [4.78, 5) is 13.3. The Bertz CT molecular complexity index is 438. The molecular weight excluding hydrogens is 268 g/mol. The number of carbonyl (C=O) groups is 1. The molecule has 0 heterocycles. The van der Waals surface area contributed by atoms with Gasteiger partial charge in [-0.15, -0.1) is 11.8 Å². The lowest BCUT2D eigenvalue weighted by Crippen LogP contribution is -2.43. The quantitative estimate of drug-likeness (QED) is 0.839. The van der Waals surface area contributed by atoms with E-state index in [1.807, 2.05) is 6.92 Å². The third kappa shape index (κ3) is 4.53. The molecule has 1 amide bonds. The Hall–Kier alpha value is -1.00. The van der Waals surface area contributed by atoms with E-state index in [2.05, 4.69) is 36.5 Å². The molecule has 0 saturated heterocycles. The number of hydrogen-bond donors (Lipinski definition) is 2. The van der Waals surface area contributed by atoms with Crippen molar-refractivity contribution in [2.24, 2.45) is 5.73 Å². The summed E-state index contributed by atoms with van der Waals surface area (Å²) >= 11 is 1.61. The first-order valence-electron chi connectivity index (χ1n) is 7.34. The van der Waals surface area contributed by atoms with Gasteiger partial charge in [0.1, 0.15) is 0 Å². The maximum atomic E-state index is 12.2. The van der Waals surface area contributed by atoms with Crippen LogP contribution in [0.25, 0.3) is 0 Å². The molecule has 0 spiro atoms. The Labute approximate surface area is 125 Å². The van der Waals surface area contributed by atoms with E-state index in [1.165, 1.54) is 5.56 Å². The Morgan fingerprint density at radius 3 is 2.45 bits per heavy atom. The van der Waals surface area contributed by atoms with Gasteiger partial charge in [-0.1, -0.05) is 17.7 Å². The second-order valence-corrected chi connectivity index (χ2v) is 7.11. The number of benzene rings is 1. The van der Waals surface area contributed by atoms with Crippen molar-refractivity contribution in [1.29, 1.82) is 0 Å². The molecule has 110 valence electrons. The number of thioether (sulfide) groups is 1. The largest absolute Gasteiger partial charge is 0.352 e. The molecule has 0 bridgehead atoms. The fourth-order valence-corrected chi connectivity index (χ4v) is 3.33. The number of aryl methyl sites for hydroxylation is 1. The molecule has 0 aliphatic heterocycles. The molecule has 1 aliphatic carbocycles. The van der Waals surface area contributed by atoms with E-state index in [1.54, 1.807) is 11.8 Å². The summed E-state index contributed by atoms with van der Waals surface area (Å²) in [5.41, 5.74) is 7.13. The molecule has 1 saturated carbocycles. The van der Waals surface area contributed by atoms with Crippen molar-refractivity contribution in [3.63, 3.8) is 0 Å². The minimum Gasteiger partial charge on any atom is -0.352 e. The molecule has 0 radical (unpaired) electrons. The molecule has 20 heavy (non-hydrogen) atoms. The fraction of sp³-hybridized carbons (Fsp3) is 0.562. The Kier molecular flexibility index (Phi) is 5.49. The maximum absolute atomic E-state index is 12.2. The third-order valence-electron chi connectivity index (χ3n) is 3.82. The van der Waals surface area contributed by atoms with Crippen molar-refractivity contribution in [3.8, 4) is 0 Å². The maximum Gasteiger partial charge on any atom is 0.233 e.